The molecule has 2 N–H and O–H groups in total. The third-order valence-electron chi connectivity index (χ3n) is 7.44. The summed E-state index contributed by atoms with van der Waals surface area (Å²) in [5.41, 5.74) is 0.381. The standard InChI is InChI=1S/C28H34F6N6O5S/c1-5-20-14-23(22-15-21(44-3)7-8-24(22)40(20)26(41)45-6-2)35-25-36-37-39(9-10-46(4,42)43)38(25)16-17-11-18(27(29,30)31)13-19(12-17)28(32,33)34/h7-8,11-13,15,20,23,37H,5-6,9-10,14,16H2,1-4H3,(H,35,36)/t20-,23+/m1/s1. The fourth-order valence-electron chi connectivity index (χ4n) is 5.25. The lowest BCUT2D eigenvalue weighted by molar-refractivity contribution is -0.143. The smallest absolute Gasteiger partial charge is 0.416 e. The van der Waals surface area contributed by atoms with Gasteiger partial charge in [-0.25, -0.2) is 18.7 Å². The molecule has 2 atom stereocenters. The number of nitrogens with one attached hydrogen (secondary N) is 2. The van der Waals surface area contributed by atoms with Crippen LogP contribution in [-0.4, -0.2) is 68.9 Å². The lowest BCUT2D eigenvalue weighted by Gasteiger charge is -2.41. The summed E-state index contributed by atoms with van der Waals surface area (Å²) in [6, 6.07) is 5.35. The molecule has 254 valence electrons. The summed E-state index contributed by atoms with van der Waals surface area (Å²) < 4.78 is 116. The number of anilines is 1. The Morgan fingerprint density at radius 1 is 1.07 bits per heavy atom. The molecule has 0 fully saturated rings. The van der Waals surface area contributed by atoms with Crippen molar-refractivity contribution in [3.63, 3.8) is 0 Å². The summed E-state index contributed by atoms with van der Waals surface area (Å²) in [6.07, 6.45) is -8.86. The van der Waals surface area contributed by atoms with E-state index < -0.39 is 57.7 Å². The van der Waals surface area contributed by atoms with E-state index in [1.165, 1.54) is 22.1 Å². The number of sulfone groups is 1. The number of carbonyl (C=O) groups excluding carboxylic acids is 1. The van der Waals surface area contributed by atoms with Crippen LogP contribution >= 0.6 is 0 Å². The summed E-state index contributed by atoms with van der Waals surface area (Å²) in [4.78, 5) is 14.5. The van der Waals surface area contributed by atoms with Crippen molar-refractivity contribution in [3.8, 4) is 5.75 Å². The number of benzene rings is 2. The lowest BCUT2D eigenvalue weighted by atomic mass is 9.90. The summed E-state index contributed by atoms with van der Waals surface area (Å²) in [5, 5.41) is 9.85. The van der Waals surface area contributed by atoms with Crippen LogP contribution < -0.4 is 20.5 Å². The lowest BCUT2D eigenvalue weighted by Crippen LogP contribution is -2.52. The van der Waals surface area contributed by atoms with Crippen LogP contribution in [0.5, 0.6) is 5.75 Å². The first-order valence-electron chi connectivity index (χ1n) is 14.2. The van der Waals surface area contributed by atoms with Gasteiger partial charge in [0.2, 0.25) is 5.96 Å². The third kappa shape index (κ3) is 8.07. The largest absolute Gasteiger partial charge is 0.497 e. The average molecular weight is 681 g/mol. The molecule has 4 rings (SSSR count). The summed E-state index contributed by atoms with van der Waals surface area (Å²) in [5.74, 6) is 0.0645. The Labute approximate surface area is 262 Å². The number of rotatable bonds is 9. The summed E-state index contributed by atoms with van der Waals surface area (Å²) in [6.45, 7) is 2.92. The summed E-state index contributed by atoms with van der Waals surface area (Å²) in [7, 11) is -2.06. The molecular formula is C28H34F6N6O5S. The molecule has 2 heterocycles. The number of hydrogen-bond acceptors (Lipinski definition) is 10. The van der Waals surface area contributed by atoms with E-state index in [-0.39, 0.29) is 36.8 Å². The molecule has 0 unspecified atom stereocenters. The SMILES string of the molecule is CCOC(=O)N1c2ccc(OC)cc2[C@@H](NC2=NNN(CCS(C)(=O)=O)N2Cc2cc(C(F)(F)F)cc(C(F)(F)F)c2)C[C@H]1CC. The predicted octanol–water partition coefficient (Wildman–Crippen LogP) is 5.06. The quantitative estimate of drug-likeness (QED) is 0.351. The number of hydrazone groups is 1. The number of guanidine groups is 1. The Morgan fingerprint density at radius 3 is 2.26 bits per heavy atom. The highest BCUT2D eigenvalue weighted by molar-refractivity contribution is 7.90. The topological polar surface area (TPSA) is 116 Å². The van der Waals surface area contributed by atoms with Gasteiger partial charge in [0, 0.05) is 17.9 Å². The average Bonchev–Trinajstić information content (AvgIpc) is 3.34. The number of halogens is 6. The van der Waals surface area contributed by atoms with Crippen molar-refractivity contribution >= 4 is 27.6 Å². The first-order chi connectivity index (χ1) is 21.4. The minimum absolute atomic E-state index is 0.00215. The normalized spacial score (nSPS) is 19.0. The maximum Gasteiger partial charge on any atom is 0.416 e. The van der Waals surface area contributed by atoms with E-state index in [1.54, 1.807) is 25.1 Å². The van der Waals surface area contributed by atoms with Crippen LogP contribution in [0.1, 0.15) is 55.0 Å². The van der Waals surface area contributed by atoms with Crippen molar-refractivity contribution in [3.05, 3.63) is 58.7 Å². The second-order valence-corrected chi connectivity index (χ2v) is 13.0. The summed E-state index contributed by atoms with van der Waals surface area (Å²) >= 11 is 0. The van der Waals surface area contributed by atoms with Crippen LogP contribution in [0.4, 0.5) is 36.8 Å². The molecule has 2 aromatic rings. The number of ether oxygens (including phenoxy) is 2. The molecule has 0 aromatic heterocycles. The number of amides is 1. The maximum absolute atomic E-state index is 13.6. The molecule has 1 amide bonds. The molecule has 0 spiro atoms. The molecule has 18 heteroatoms. The van der Waals surface area contributed by atoms with Crippen molar-refractivity contribution in [1.82, 2.24) is 21.0 Å². The molecule has 0 saturated carbocycles. The number of fused-ring (bicyclic) bond motifs is 1. The first kappa shape index (κ1) is 34.9. The molecule has 0 aliphatic carbocycles. The molecule has 2 aliphatic heterocycles. The van der Waals surface area contributed by atoms with Crippen LogP contribution in [0.2, 0.25) is 0 Å². The molecule has 0 radical (unpaired) electrons. The van der Waals surface area contributed by atoms with Gasteiger partial charge in [0.1, 0.15) is 15.6 Å². The second-order valence-electron chi connectivity index (χ2n) is 10.7. The van der Waals surface area contributed by atoms with Crippen molar-refractivity contribution in [2.24, 2.45) is 5.10 Å². The highest BCUT2D eigenvalue weighted by Gasteiger charge is 2.40. The van der Waals surface area contributed by atoms with Gasteiger partial charge in [-0.3, -0.25) is 9.91 Å². The zero-order valence-corrected chi connectivity index (χ0v) is 26.2. The third-order valence-corrected chi connectivity index (χ3v) is 8.37. The van der Waals surface area contributed by atoms with E-state index in [2.05, 4.69) is 16.0 Å². The Hall–Kier alpha value is -3.93. The van der Waals surface area contributed by atoms with Crippen molar-refractivity contribution in [1.29, 1.82) is 0 Å². The number of hydrazine groups is 2. The van der Waals surface area contributed by atoms with Gasteiger partial charge in [0.15, 0.2) is 0 Å². The maximum atomic E-state index is 13.6. The van der Waals surface area contributed by atoms with E-state index in [4.69, 9.17) is 9.47 Å². The fourth-order valence-corrected chi connectivity index (χ4v) is 5.75. The van der Waals surface area contributed by atoms with E-state index in [0.717, 1.165) is 6.26 Å². The van der Waals surface area contributed by atoms with Gasteiger partial charge in [0.05, 0.1) is 55.4 Å². The van der Waals surface area contributed by atoms with Gasteiger partial charge in [-0.15, -0.1) is 10.2 Å². The molecule has 2 aliphatic rings. The minimum atomic E-state index is -5.06. The van der Waals surface area contributed by atoms with Gasteiger partial charge >= 0.3 is 18.4 Å². The van der Waals surface area contributed by atoms with E-state index in [1.807, 2.05) is 6.92 Å². The van der Waals surface area contributed by atoms with Crippen LogP contribution in [0.25, 0.3) is 0 Å². The molecule has 0 saturated heterocycles. The molecule has 2 aromatic carbocycles. The van der Waals surface area contributed by atoms with Crippen molar-refractivity contribution in [2.45, 2.75) is 57.7 Å². The Kier molecular flexibility index (Phi) is 10.2. The Morgan fingerprint density at radius 2 is 1.72 bits per heavy atom. The van der Waals surface area contributed by atoms with Crippen LogP contribution in [0, 0.1) is 0 Å². The minimum Gasteiger partial charge on any atom is -0.497 e. The highest BCUT2D eigenvalue weighted by Crippen LogP contribution is 2.41. The van der Waals surface area contributed by atoms with Crippen molar-refractivity contribution < 1.29 is 49.0 Å². The van der Waals surface area contributed by atoms with Gasteiger partial charge in [-0.2, -0.15) is 26.3 Å². The molecule has 11 nitrogen and oxygen atoms in total. The van der Waals surface area contributed by atoms with Gasteiger partial charge in [-0.05, 0) is 61.7 Å². The van der Waals surface area contributed by atoms with Gasteiger partial charge in [0.25, 0.3) is 0 Å². The molecule has 0 bridgehead atoms. The van der Waals surface area contributed by atoms with E-state index in [0.29, 0.717) is 42.0 Å². The fraction of sp³-hybridized carbons (Fsp3) is 0.500. The van der Waals surface area contributed by atoms with Crippen LogP contribution in [0.15, 0.2) is 41.5 Å². The number of carbonyl (C=O) groups is 1. The van der Waals surface area contributed by atoms with E-state index >= 15 is 0 Å². The predicted molar refractivity (Wildman–Crippen MR) is 156 cm³/mol. The van der Waals surface area contributed by atoms with Crippen LogP contribution in [0.3, 0.4) is 0 Å². The number of nitrogens with zero attached hydrogens (tertiary/aromatic N) is 4. The Balaban J connectivity index is 1.74. The monoisotopic (exact) mass is 680 g/mol. The number of hydrogen-bond donors (Lipinski definition) is 2. The van der Waals surface area contributed by atoms with E-state index in [9.17, 15) is 39.6 Å². The van der Waals surface area contributed by atoms with Gasteiger partial charge < -0.3 is 14.8 Å². The zero-order valence-electron chi connectivity index (χ0n) is 25.4. The molecular weight excluding hydrogens is 646 g/mol. The zero-order chi connectivity index (χ0) is 34.0. The highest BCUT2D eigenvalue weighted by atomic mass is 32.2. The van der Waals surface area contributed by atoms with Crippen molar-refractivity contribution in [2.75, 3.05) is 37.2 Å². The second kappa shape index (κ2) is 13.4. The van der Waals surface area contributed by atoms with Gasteiger partial charge in [-0.1, -0.05) is 6.92 Å². The first-order valence-corrected chi connectivity index (χ1v) is 16.3. The molecule has 46 heavy (non-hydrogen) atoms. The Bertz CT molecular complexity index is 1540. The number of alkyl halides is 6. The number of methoxy groups -OCH3 is 1. The van der Waals surface area contributed by atoms with Crippen LogP contribution in [-0.2, 0) is 33.5 Å².